The maximum atomic E-state index is 12.4. The van der Waals surface area contributed by atoms with Crippen molar-refractivity contribution in [3.63, 3.8) is 0 Å². The Morgan fingerprint density at radius 3 is 1.97 bits per heavy atom. The van der Waals surface area contributed by atoms with Gasteiger partial charge < -0.3 is 40.2 Å². The molecule has 1 aliphatic heterocycles. The minimum absolute atomic E-state index is 0.0953. The standard InChI is InChI=1S/C18H24N4O.2C2H2O4/c1-21(2)17-12-16(14-8-4-5-9-15(14)19-17)20-18(23)13-22-10-6-3-7-11-22;2*3-1(4)2(5)6/h4-5,8-9,12H,3,6-7,10-11,13H2,1-2H3,(H,19,20,23);2*(H,3,4)(H,5,6). The van der Waals surface area contributed by atoms with Crippen LogP contribution < -0.4 is 25.3 Å². The zero-order valence-electron chi connectivity index (χ0n) is 19.3. The number of rotatable bonds is 4. The monoisotopic (exact) mass is 492 g/mol. The van der Waals surface area contributed by atoms with E-state index in [9.17, 15) is 4.79 Å². The van der Waals surface area contributed by atoms with E-state index in [-0.39, 0.29) is 5.91 Å². The van der Waals surface area contributed by atoms with Crippen LogP contribution in [0.25, 0.3) is 10.9 Å². The van der Waals surface area contributed by atoms with E-state index in [4.69, 9.17) is 39.6 Å². The van der Waals surface area contributed by atoms with Crippen LogP contribution in [0.15, 0.2) is 30.3 Å². The summed E-state index contributed by atoms with van der Waals surface area (Å²) in [5, 5.41) is 36.7. The Hall–Kier alpha value is -4.10. The highest BCUT2D eigenvalue weighted by molar-refractivity contribution is 6.26. The number of hydrogen-bond acceptors (Lipinski definition) is 8. The molecular formula is C22H28N4O9. The number of likely N-dealkylation sites (tertiary alicyclic amines) is 1. The summed E-state index contributed by atoms with van der Waals surface area (Å²) in [5.41, 5.74) is 1.79. The highest BCUT2D eigenvalue weighted by Crippen LogP contribution is 2.23. The van der Waals surface area contributed by atoms with Gasteiger partial charge in [0.2, 0.25) is 5.82 Å². The quantitative estimate of drug-likeness (QED) is 0.259. The molecule has 0 spiro atoms. The number of aliphatic carboxylic acids is 4. The number of pyridine rings is 1. The van der Waals surface area contributed by atoms with Crippen molar-refractivity contribution in [1.29, 1.82) is 0 Å². The van der Waals surface area contributed by atoms with Crippen LogP contribution in [0.4, 0.5) is 11.5 Å². The second-order valence-corrected chi connectivity index (χ2v) is 7.79. The van der Waals surface area contributed by atoms with Gasteiger partial charge in [0.15, 0.2) is 18.5 Å². The lowest BCUT2D eigenvalue weighted by Crippen LogP contribution is -3.13. The van der Waals surface area contributed by atoms with Crippen LogP contribution in [-0.4, -0.2) is 78.7 Å². The summed E-state index contributed by atoms with van der Waals surface area (Å²) in [4.78, 5) is 55.7. The fourth-order valence-corrected chi connectivity index (χ4v) is 3.18. The van der Waals surface area contributed by atoms with Crippen molar-refractivity contribution in [3.8, 4) is 0 Å². The number of amides is 1. The predicted octanol–water partition coefficient (Wildman–Crippen LogP) is -4.34. The van der Waals surface area contributed by atoms with Gasteiger partial charge in [0, 0.05) is 11.5 Å². The summed E-state index contributed by atoms with van der Waals surface area (Å²) in [5.74, 6) is -6.99. The van der Waals surface area contributed by atoms with Gasteiger partial charge >= 0.3 is 11.9 Å². The third-order valence-corrected chi connectivity index (χ3v) is 4.82. The molecule has 0 aliphatic carbocycles. The Labute approximate surface area is 200 Å². The first kappa shape index (κ1) is 28.9. The Bertz CT molecular complexity index is 1020. The van der Waals surface area contributed by atoms with Crippen molar-refractivity contribution in [1.82, 2.24) is 4.98 Å². The van der Waals surface area contributed by atoms with E-state index in [1.807, 2.05) is 44.4 Å². The molecule has 35 heavy (non-hydrogen) atoms. The topological polar surface area (TPSA) is 206 Å². The molecule has 2 heterocycles. The Morgan fingerprint density at radius 1 is 0.971 bits per heavy atom. The molecule has 13 heteroatoms. The van der Waals surface area contributed by atoms with Gasteiger partial charge in [-0.1, -0.05) is 18.2 Å². The summed E-state index contributed by atoms with van der Waals surface area (Å²) in [7, 11) is 4.08. The normalized spacial score (nSPS) is 13.0. The van der Waals surface area contributed by atoms with Crippen molar-refractivity contribution in [2.45, 2.75) is 19.3 Å². The van der Waals surface area contributed by atoms with E-state index in [2.05, 4.69) is 10.3 Å². The second kappa shape index (κ2) is 14.2. The molecule has 1 aliphatic rings. The Morgan fingerprint density at radius 2 is 1.49 bits per heavy atom. The highest BCUT2D eigenvalue weighted by Gasteiger charge is 2.19. The minimum atomic E-state index is -2.07. The first-order valence-electron chi connectivity index (χ1n) is 10.6. The van der Waals surface area contributed by atoms with Crippen molar-refractivity contribution in [3.05, 3.63) is 30.3 Å². The highest BCUT2D eigenvalue weighted by atomic mass is 16.4. The molecule has 0 radical (unpaired) electrons. The smallest absolute Gasteiger partial charge is 0.351 e. The molecule has 3 rings (SSSR count). The maximum absolute atomic E-state index is 12.4. The number of quaternary nitrogens is 2. The van der Waals surface area contributed by atoms with E-state index in [1.54, 1.807) is 0 Å². The minimum Gasteiger partial charge on any atom is -0.539 e. The van der Waals surface area contributed by atoms with Crippen molar-refractivity contribution < 1.29 is 54.2 Å². The number of carboxylic acids is 4. The molecule has 1 saturated heterocycles. The van der Waals surface area contributed by atoms with E-state index < -0.39 is 23.9 Å². The number of para-hydroxylation sites is 1. The average molecular weight is 492 g/mol. The van der Waals surface area contributed by atoms with Crippen LogP contribution in [0.1, 0.15) is 19.3 Å². The van der Waals surface area contributed by atoms with Crippen LogP contribution in [0.2, 0.25) is 0 Å². The maximum Gasteiger partial charge on any atom is 0.351 e. The number of nitrogens with zero attached hydrogens (tertiary/aromatic N) is 1. The number of carbonyl (C=O) groups excluding carboxylic acids is 3. The van der Waals surface area contributed by atoms with Crippen LogP contribution in [-0.2, 0) is 24.0 Å². The summed E-state index contributed by atoms with van der Waals surface area (Å²) >= 11 is 0. The summed E-state index contributed by atoms with van der Waals surface area (Å²) in [6.07, 6.45) is 3.76. The molecule has 0 atom stereocenters. The zero-order valence-corrected chi connectivity index (χ0v) is 19.3. The fourth-order valence-electron chi connectivity index (χ4n) is 3.18. The molecule has 5 N–H and O–H groups in total. The molecule has 1 fully saturated rings. The molecule has 1 aromatic carbocycles. The molecule has 0 saturated carbocycles. The predicted molar refractivity (Wildman–Crippen MR) is 118 cm³/mol. The van der Waals surface area contributed by atoms with Gasteiger partial charge in [-0.25, -0.2) is 9.59 Å². The summed E-state index contributed by atoms with van der Waals surface area (Å²) < 4.78 is 0. The van der Waals surface area contributed by atoms with Gasteiger partial charge in [-0.2, -0.15) is 4.98 Å². The van der Waals surface area contributed by atoms with Crippen molar-refractivity contribution in [2.24, 2.45) is 0 Å². The van der Waals surface area contributed by atoms with Gasteiger partial charge in [0.05, 0.1) is 38.4 Å². The number of anilines is 1. The van der Waals surface area contributed by atoms with Gasteiger partial charge in [0.1, 0.15) is 0 Å². The average Bonchev–Trinajstić information content (AvgIpc) is 2.80. The van der Waals surface area contributed by atoms with Gasteiger partial charge in [-0.3, -0.25) is 9.69 Å². The van der Waals surface area contributed by atoms with Crippen LogP contribution in [0.5, 0.6) is 0 Å². The summed E-state index contributed by atoms with van der Waals surface area (Å²) in [6, 6.07) is 9.96. The molecule has 2 aromatic rings. The molecule has 13 nitrogen and oxygen atoms in total. The van der Waals surface area contributed by atoms with Crippen LogP contribution in [0.3, 0.4) is 0 Å². The number of hydrogen-bond donors (Lipinski definition) is 5. The largest absolute Gasteiger partial charge is 0.539 e. The van der Waals surface area contributed by atoms with Crippen LogP contribution >= 0.6 is 0 Å². The number of nitrogens with one attached hydrogen (secondary N) is 3. The molecule has 0 unspecified atom stereocenters. The number of aromatic nitrogens is 1. The number of carboxylic acid groups (broad SMARTS) is 4. The second-order valence-electron chi connectivity index (χ2n) is 7.79. The van der Waals surface area contributed by atoms with Gasteiger partial charge in [0.25, 0.3) is 5.91 Å². The fraction of sp³-hybridized carbons (Fsp3) is 0.364. The number of carbonyl (C=O) groups is 5. The van der Waals surface area contributed by atoms with Crippen molar-refractivity contribution in [2.75, 3.05) is 39.0 Å². The Balaban J connectivity index is 0.000000425. The lowest BCUT2D eigenvalue weighted by Gasteiger charge is -2.23. The third-order valence-electron chi connectivity index (χ3n) is 4.82. The first-order valence-corrected chi connectivity index (χ1v) is 10.6. The number of piperidine rings is 1. The molecule has 1 amide bonds. The lowest BCUT2D eigenvalue weighted by atomic mass is 10.1. The van der Waals surface area contributed by atoms with Gasteiger partial charge in [-0.15, -0.1) is 0 Å². The number of benzene rings is 1. The first-order chi connectivity index (χ1) is 16.4. The molecule has 190 valence electrons. The summed E-state index contributed by atoms with van der Waals surface area (Å²) in [6.45, 7) is 2.77. The van der Waals surface area contributed by atoms with E-state index in [0.29, 0.717) is 6.54 Å². The van der Waals surface area contributed by atoms with Crippen LogP contribution in [0, 0.1) is 0 Å². The molecule has 0 bridgehead atoms. The number of fused-ring (bicyclic) bond motifs is 1. The third kappa shape index (κ3) is 10.6. The van der Waals surface area contributed by atoms with E-state index >= 15 is 0 Å². The van der Waals surface area contributed by atoms with Crippen molar-refractivity contribution >= 4 is 52.2 Å². The van der Waals surface area contributed by atoms with E-state index in [0.717, 1.165) is 40.4 Å². The van der Waals surface area contributed by atoms with E-state index in [1.165, 1.54) is 24.2 Å². The Kier molecular flexibility index (Phi) is 11.8. The zero-order chi connectivity index (χ0) is 26.5. The molecular weight excluding hydrogens is 464 g/mol. The molecule has 1 aromatic heterocycles. The SMILES string of the molecule is C[NH+](C)c1cc(NC(=O)C[NH+]2CCCCC2)c2ccccc2n1.O=C([O-])C(=O)O.O=C([O-])C(=O)O. The lowest BCUT2D eigenvalue weighted by molar-refractivity contribution is -0.896. The van der Waals surface area contributed by atoms with Gasteiger partial charge in [-0.05, 0) is 25.3 Å².